The average molecular weight is 238 g/mol. The topological polar surface area (TPSA) is 102 Å². The number of ether oxygens (including phenoxy) is 1. The van der Waals surface area contributed by atoms with Crippen molar-refractivity contribution < 1.29 is 19.4 Å². The van der Waals surface area contributed by atoms with Gasteiger partial charge in [-0.3, -0.25) is 4.79 Å². The Kier molecular flexibility index (Phi) is 3.92. The predicted octanol–water partition coefficient (Wildman–Crippen LogP) is 0.480. The van der Waals surface area contributed by atoms with Crippen molar-refractivity contribution in [3.63, 3.8) is 0 Å². The number of nitrogens with one attached hydrogen (secondary N) is 1. The highest BCUT2D eigenvalue weighted by atomic mass is 16.5. The highest BCUT2D eigenvalue weighted by molar-refractivity contribution is 5.89. The van der Waals surface area contributed by atoms with E-state index in [1.807, 2.05) is 0 Å². The van der Waals surface area contributed by atoms with Crippen molar-refractivity contribution in [3.05, 3.63) is 23.8 Å². The summed E-state index contributed by atoms with van der Waals surface area (Å²) in [5, 5.41) is 11.2. The van der Waals surface area contributed by atoms with Gasteiger partial charge in [0.15, 0.2) is 6.10 Å². The molecule has 0 radical (unpaired) electrons. The smallest absolute Gasteiger partial charge is 0.335 e. The Hall–Kier alpha value is -2.24. The normalized spacial score (nSPS) is 11.6. The van der Waals surface area contributed by atoms with Crippen molar-refractivity contribution >= 4 is 17.6 Å². The van der Waals surface area contributed by atoms with Gasteiger partial charge in [0.25, 0.3) is 5.91 Å². The third-order valence-electron chi connectivity index (χ3n) is 2.18. The molecule has 0 heterocycles. The van der Waals surface area contributed by atoms with Gasteiger partial charge in [-0.2, -0.15) is 0 Å². The number of amides is 1. The largest absolute Gasteiger partial charge is 0.479 e. The summed E-state index contributed by atoms with van der Waals surface area (Å²) in [5.74, 6) is -1.21. The van der Waals surface area contributed by atoms with E-state index in [1.54, 1.807) is 6.92 Å². The van der Waals surface area contributed by atoms with Gasteiger partial charge in [0, 0.05) is 7.05 Å². The molecular formula is C11H14N2O4. The predicted molar refractivity (Wildman–Crippen MR) is 62.0 cm³/mol. The van der Waals surface area contributed by atoms with E-state index >= 15 is 0 Å². The number of rotatable bonds is 4. The molecule has 92 valence electrons. The number of carboxylic acid groups (broad SMARTS) is 1. The first kappa shape index (κ1) is 12.8. The minimum atomic E-state index is -1.08. The van der Waals surface area contributed by atoms with Crippen LogP contribution in [0.1, 0.15) is 17.3 Å². The van der Waals surface area contributed by atoms with Gasteiger partial charge in [0.1, 0.15) is 5.75 Å². The van der Waals surface area contributed by atoms with Crippen LogP contribution in [0.2, 0.25) is 0 Å². The number of nitrogen functional groups attached to an aromatic ring is 1. The van der Waals surface area contributed by atoms with E-state index in [0.717, 1.165) is 0 Å². The summed E-state index contributed by atoms with van der Waals surface area (Å²) in [5.41, 5.74) is 5.97. The summed E-state index contributed by atoms with van der Waals surface area (Å²) in [4.78, 5) is 22.0. The van der Waals surface area contributed by atoms with E-state index in [1.165, 1.54) is 25.2 Å². The molecule has 0 fully saturated rings. The zero-order chi connectivity index (χ0) is 13.0. The number of likely N-dealkylation sites (N-methyl/N-ethyl adjacent to an activating group) is 1. The fourth-order valence-electron chi connectivity index (χ4n) is 1.22. The average Bonchev–Trinajstić information content (AvgIpc) is 2.30. The summed E-state index contributed by atoms with van der Waals surface area (Å²) in [7, 11) is 1.49. The van der Waals surface area contributed by atoms with Crippen molar-refractivity contribution in [1.82, 2.24) is 5.32 Å². The highest BCUT2D eigenvalue weighted by Crippen LogP contribution is 2.23. The van der Waals surface area contributed by atoms with Crippen LogP contribution < -0.4 is 15.8 Å². The molecule has 1 aromatic carbocycles. The maximum absolute atomic E-state index is 11.3. The molecule has 4 N–H and O–H groups in total. The van der Waals surface area contributed by atoms with Gasteiger partial charge in [-0.05, 0) is 25.1 Å². The number of aromatic carboxylic acids is 1. The van der Waals surface area contributed by atoms with E-state index in [9.17, 15) is 9.59 Å². The highest BCUT2D eigenvalue weighted by Gasteiger charge is 2.15. The number of carbonyl (C=O) groups is 2. The van der Waals surface area contributed by atoms with E-state index in [0.29, 0.717) is 0 Å². The maximum atomic E-state index is 11.3. The molecule has 0 aliphatic carbocycles. The number of anilines is 1. The first-order valence-electron chi connectivity index (χ1n) is 4.96. The quantitative estimate of drug-likeness (QED) is 0.662. The van der Waals surface area contributed by atoms with Gasteiger partial charge in [0.2, 0.25) is 0 Å². The van der Waals surface area contributed by atoms with Crippen LogP contribution in [0.4, 0.5) is 5.69 Å². The van der Waals surface area contributed by atoms with Gasteiger partial charge in [-0.15, -0.1) is 0 Å². The molecular weight excluding hydrogens is 224 g/mol. The number of hydrogen-bond donors (Lipinski definition) is 3. The lowest BCUT2D eigenvalue weighted by Crippen LogP contribution is -2.33. The molecule has 17 heavy (non-hydrogen) atoms. The van der Waals surface area contributed by atoms with Crippen LogP contribution >= 0.6 is 0 Å². The Morgan fingerprint density at radius 2 is 2.12 bits per heavy atom. The Labute approximate surface area is 98.4 Å². The molecule has 6 heteroatoms. The Bertz CT molecular complexity index is 445. The molecule has 1 atom stereocenters. The number of hydrogen-bond acceptors (Lipinski definition) is 4. The second kappa shape index (κ2) is 5.20. The second-order valence-electron chi connectivity index (χ2n) is 3.43. The molecule has 1 rings (SSSR count). The monoisotopic (exact) mass is 238 g/mol. The first-order chi connectivity index (χ1) is 7.95. The molecule has 0 aliphatic heterocycles. The van der Waals surface area contributed by atoms with Crippen molar-refractivity contribution in [3.8, 4) is 5.75 Å². The Morgan fingerprint density at radius 3 is 2.65 bits per heavy atom. The van der Waals surface area contributed by atoms with E-state index < -0.39 is 12.1 Å². The van der Waals surface area contributed by atoms with E-state index in [-0.39, 0.29) is 22.9 Å². The van der Waals surface area contributed by atoms with Crippen LogP contribution in [-0.4, -0.2) is 30.1 Å². The van der Waals surface area contributed by atoms with E-state index in [2.05, 4.69) is 5.32 Å². The molecule has 1 unspecified atom stereocenters. The van der Waals surface area contributed by atoms with Gasteiger partial charge in [-0.25, -0.2) is 4.79 Å². The third-order valence-corrected chi connectivity index (χ3v) is 2.18. The molecule has 0 aliphatic rings. The standard InChI is InChI=1S/C11H14N2O4/c1-6(10(14)13-2)17-9-5-7(11(15)16)3-4-8(9)12/h3-6H,12H2,1-2H3,(H,13,14)(H,15,16). The van der Waals surface area contributed by atoms with Gasteiger partial charge in [0.05, 0.1) is 11.3 Å². The zero-order valence-corrected chi connectivity index (χ0v) is 9.56. The molecule has 0 saturated carbocycles. The minimum Gasteiger partial charge on any atom is -0.479 e. The van der Waals surface area contributed by atoms with Crippen LogP contribution in [0.3, 0.4) is 0 Å². The molecule has 0 bridgehead atoms. The number of carboxylic acids is 1. The van der Waals surface area contributed by atoms with Crippen LogP contribution in [0.25, 0.3) is 0 Å². The van der Waals surface area contributed by atoms with Crippen molar-refractivity contribution in [2.24, 2.45) is 0 Å². The van der Waals surface area contributed by atoms with Crippen LogP contribution in [-0.2, 0) is 4.79 Å². The summed E-state index contributed by atoms with van der Waals surface area (Å²) in [6.07, 6.45) is -0.744. The van der Waals surface area contributed by atoms with E-state index in [4.69, 9.17) is 15.6 Å². The summed E-state index contributed by atoms with van der Waals surface area (Å²) < 4.78 is 5.29. The van der Waals surface area contributed by atoms with Crippen LogP contribution in [0.5, 0.6) is 5.75 Å². The maximum Gasteiger partial charge on any atom is 0.335 e. The number of carbonyl (C=O) groups excluding carboxylic acids is 1. The van der Waals surface area contributed by atoms with Gasteiger partial charge in [-0.1, -0.05) is 0 Å². The lowest BCUT2D eigenvalue weighted by molar-refractivity contribution is -0.126. The fraction of sp³-hybridized carbons (Fsp3) is 0.273. The zero-order valence-electron chi connectivity index (χ0n) is 9.56. The van der Waals surface area contributed by atoms with Crippen LogP contribution in [0.15, 0.2) is 18.2 Å². The summed E-state index contributed by atoms with van der Waals surface area (Å²) in [6, 6.07) is 4.08. The first-order valence-corrected chi connectivity index (χ1v) is 4.96. The van der Waals surface area contributed by atoms with Gasteiger partial charge < -0.3 is 20.9 Å². The molecule has 0 saturated heterocycles. The lowest BCUT2D eigenvalue weighted by atomic mass is 10.2. The second-order valence-corrected chi connectivity index (χ2v) is 3.43. The Morgan fingerprint density at radius 1 is 1.47 bits per heavy atom. The minimum absolute atomic E-state index is 0.0540. The lowest BCUT2D eigenvalue weighted by Gasteiger charge is -2.15. The van der Waals surface area contributed by atoms with Gasteiger partial charge >= 0.3 is 5.97 Å². The fourth-order valence-corrected chi connectivity index (χ4v) is 1.22. The Balaban J connectivity index is 2.93. The molecule has 1 amide bonds. The van der Waals surface area contributed by atoms with Crippen LogP contribution in [0, 0.1) is 0 Å². The number of benzene rings is 1. The summed E-state index contributed by atoms with van der Waals surface area (Å²) >= 11 is 0. The molecule has 1 aromatic rings. The van der Waals surface area contributed by atoms with Crippen molar-refractivity contribution in [2.75, 3.05) is 12.8 Å². The molecule has 6 nitrogen and oxygen atoms in total. The third kappa shape index (κ3) is 3.10. The molecule has 0 spiro atoms. The summed E-state index contributed by atoms with van der Waals surface area (Å²) in [6.45, 7) is 1.55. The SMILES string of the molecule is CNC(=O)C(C)Oc1cc(C(=O)O)ccc1N. The van der Waals surface area contributed by atoms with Crippen molar-refractivity contribution in [1.29, 1.82) is 0 Å². The van der Waals surface area contributed by atoms with Crippen molar-refractivity contribution in [2.45, 2.75) is 13.0 Å². The number of nitrogens with two attached hydrogens (primary N) is 1. The molecule has 0 aromatic heterocycles.